The predicted molar refractivity (Wildman–Crippen MR) is 107 cm³/mol. The van der Waals surface area contributed by atoms with E-state index in [9.17, 15) is 9.59 Å². The topological polar surface area (TPSA) is 102 Å². The number of nitrogens with two attached hydrogens (primary N) is 1. The molecule has 0 aliphatic heterocycles. The summed E-state index contributed by atoms with van der Waals surface area (Å²) in [6, 6.07) is 9.10. The van der Waals surface area contributed by atoms with Crippen molar-refractivity contribution in [3.05, 3.63) is 41.6 Å². The molecule has 7 heteroatoms. The third kappa shape index (κ3) is 5.40. The Balaban J connectivity index is 2.14. The molecule has 0 saturated carbocycles. The van der Waals surface area contributed by atoms with Crippen LogP contribution >= 0.6 is 0 Å². The van der Waals surface area contributed by atoms with Crippen molar-refractivity contribution in [1.82, 2.24) is 15.1 Å². The quantitative estimate of drug-likeness (QED) is 0.695. The number of nitrogens with zero attached hydrogens (tertiary/aromatic N) is 2. The molecule has 146 valence electrons. The Morgan fingerprint density at radius 1 is 1.15 bits per heavy atom. The molecule has 1 aromatic heterocycles. The molecule has 0 bridgehead atoms. The van der Waals surface area contributed by atoms with Gasteiger partial charge < -0.3 is 16.4 Å². The minimum atomic E-state index is -0.636. The lowest BCUT2D eigenvalue weighted by molar-refractivity contribution is -0.125. The number of carbonyl (C=O) groups excluding carboxylic acids is 2. The molecule has 1 heterocycles. The van der Waals surface area contributed by atoms with E-state index in [2.05, 4.69) is 15.7 Å². The summed E-state index contributed by atoms with van der Waals surface area (Å²) < 4.78 is 1.70. The highest BCUT2D eigenvalue weighted by atomic mass is 16.2. The van der Waals surface area contributed by atoms with Crippen LogP contribution in [0.3, 0.4) is 0 Å². The maximum Gasteiger partial charge on any atom is 0.244 e. The van der Waals surface area contributed by atoms with E-state index in [1.54, 1.807) is 4.68 Å². The highest BCUT2D eigenvalue weighted by molar-refractivity contribution is 5.95. The van der Waals surface area contributed by atoms with Gasteiger partial charge in [-0.15, -0.1) is 0 Å². The second-order valence-corrected chi connectivity index (χ2v) is 7.39. The van der Waals surface area contributed by atoms with Gasteiger partial charge in [-0.25, -0.2) is 4.68 Å². The highest BCUT2D eigenvalue weighted by Crippen LogP contribution is 2.22. The number of hydrogen-bond acceptors (Lipinski definition) is 4. The van der Waals surface area contributed by atoms with Crippen LogP contribution in [0.2, 0.25) is 0 Å². The zero-order valence-electron chi connectivity index (χ0n) is 16.6. The van der Waals surface area contributed by atoms with Crippen LogP contribution in [0.4, 0.5) is 5.82 Å². The number of amides is 2. The first-order valence-electron chi connectivity index (χ1n) is 9.19. The maximum absolute atomic E-state index is 12.3. The van der Waals surface area contributed by atoms with Crippen molar-refractivity contribution in [2.45, 2.75) is 46.6 Å². The van der Waals surface area contributed by atoms with E-state index < -0.39 is 6.04 Å². The van der Waals surface area contributed by atoms with Crippen LogP contribution in [0.5, 0.6) is 0 Å². The molecule has 0 fully saturated rings. The summed E-state index contributed by atoms with van der Waals surface area (Å²) in [5, 5.41) is 10.0. The molecule has 2 rings (SSSR count). The second-order valence-electron chi connectivity index (χ2n) is 7.39. The maximum atomic E-state index is 12.3. The van der Waals surface area contributed by atoms with Gasteiger partial charge in [0.25, 0.3) is 0 Å². The van der Waals surface area contributed by atoms with Crippen molar-refractivity contribution in [2.24, 2.45) is 11.7 Å². The predicted octanol–water partition coefficient (Wildman–Crippen LogP) is 2.34. The molecule has 2 aromatic rings. The van der Waals surface area contributed by atoms with E-state index in [1.165, 1.54) is 0 Å². The fraction of sp³-hybridized carbons (Fsp3) is 0.450. The van der Waals surface area contributed by atoms with Gasteiger partial charge in [-0.3, -0.25) is 9.59 Å². The van der Waals surface area contributed by atoms with Crippen LogP contribution in [-0.2, 0) is 9.59 Å². The van der Waals surface area contributed by atoms with E-state index >= 15 is 0 Å². The van der Waals surface area contributed by atoms with Crippen LogP contribution in [0, 0.1) is 12.8 Å². The van der Waals surface area contributed by atoms with Crippen LogP contribution in [0.1, 0.15) is 44.9 Å². The second kappa shape index (κ2) is 8.81. The minimum Gasteiger partial charge on any atom is -0.346 e. The average Bonchev–Trinajstić information content (AvgIpc) is 3.03. The third-order valence-corrected chi connectivity index (χ3v) is 4.31. The van der Waals surface area contributed by atoms with Gasteiger partial charge in [-0.1, -0.05) is 45.4 Å². The minimum absolute atomic E-state index is 0.00429. The van der Waals surface area contributed by atoms with Crippen molar-refractivity contribution in [2.75, 3.05) is 11.9 Å². The molecule has 4 N–H and O–H groups in total. The first kappa shape index (κ1) is 20.6. The molecule has 2 amide bonds. The number of aromatic nitrogens is 2. The Hall–Kier alpha value is -2.67. The summed E-state index contributed by atoms with van der Waals surface area (Å²) in [6.45, 7) is 9.67. The Labute approximate surface area is 160 Å². The molecule has 0 aliphatic rings. The molecule has 1 atom stereocenters. The van der Waals surface area contributed by atoms with Gasteiger partial charge in [-0.2, -0.15) is 5.10 Å². The standard InChI is InChI=1S/C20H29N5O2/c1-12(2)16-10-17(25(24-16)15-8-6-14(5)7-9-15)23-18(26)11-22-20(27)19(21)13(3)4/h6-10,12-13,19H,11,21H2,1-5H3,(H,22,27)(H,23,26)/t19-/m0/s1. The van der Waals surface area contributed by atoms with Crippen LogP contribution in [-0.4, -0.2) is 34.2 Å². The molecule has 0 spiro atoms. The third-order valence-electron chi connectivity index (χ3n) is 4.31. The van der Waals surface area contributed by atoms with Crippen LogP contribution in [0.25, 0.3) is 5.69 Å². The summed E-state index contributed by atoms with van der Waals surface area (Å²) in [5.74, 6) is 0.119. The fourth-order valence-corrected chi connectivity index (χ4v) is 2.43. The Bertz CT molecular complexity index is 793. The molecule has 0 aliphatic carbocycles. The largest absolute Gasteiger partial charge is 0.346 e. The first-order valence-corrected chi connectivity index (χ1v) is 9.19. The molecule has 1 aromatic carbocycles. The first-order chi connectivity index (χ1) is 12.7. The number of anilines is 1. The van der Waals surface area contributed by atoms with Gasteiger partial charge >= 0.3 is 0 Å². The Morgan fingerprint density at radius 2 is 1.78 bits per heavy atom. The SMILES string of the molecule is Cc1ccc(-n2nc(C(C)C)cc2NC(=O)CNC(=O)[C@@H](N)C(C)C)cc1. The number of hydrogen-bond donors (Lipinski definition) is 3. The van der Waals surface area contributed by atoms with Crippen molar-refractivity contribution in [3.8, 4) is 5.69 Å². The van der Waals surface area contributed by atoms with E-state index in [4.69, 9.17) is 5.73 Å². The van der Waals surface area contributed by atoms with Gasteiger partial charge in [0.05, 0.1) is 24.0 Å². The van der Waals surface area contributed by atoms with E-state index in [0.29, 0.717) is 5.82 Å². The molecule has 27 heavy (non-hydrogen) atoms. The number of aryl methyl sites for hydroxylation is 1. The number of carbonyl (C=O) groups is 2. The monoisotopic (exact) mass is 371 g/mol. The number of benzene rings is 1. The van der Waals surface area contributed by atoms with Crippen molar-refractivity contribution in [3.63, 3.8) is 0 Å². The van der Waals surface area contributed by atoms with Crippen molar-refractivity contribution in [1.29, 1.82) is 0 Å². The number of rotatable bonds is 7. The summed E-state index contributed by atoms with van der Waals surface area (Å²) in [4.78, 5) is 24.2. The highest BCUT2D eigenvalue weighted by Gasteiger charge is 2.19. The summed E-state index contributed by atoms with van der Waals surface area (Å²) in [5.41, 5.74) is 8.66. The van der Waals surface area contributed by atoms with E-state index in [-0.39, 0.29) is 30.2 Å². The lowest BCUT2D eigenvalue weighted by Crippen LogP contribution is -2.46. The molecule has 0 radical (unpaired) electrons. The van der Waals surface area contributed by atoms with Crippen molar-refractivity contribution < 1.29 is 9.59 Å². The van der Waals surface area contributed by atoms with Gasteiger partial charge in [0.15, 0.2) is 0 Å². The van der Waals surface area contributed by atoms with Gasteiger partial charge in [0.2, 0.25) is 11.8 Å². The van der Waals surface area contributed by atoms with E-state index in [1.807, 2.05) is 65.0 Å². The normalized spacial score (nSPS) is 12.3. The number of nitrogens with one attached hydrogen (secondary N) is 2. The zero-order chi connectivity index (χ0) is 20.1. The van der Waals surface area contributed by atoms with Gasteiger partial charge in [0, 0.05) is 6.07 Å². The summed E-state index contributed by atoms with van der Waals surface area (Å²) >= 11 is 0. The zero-order valence-corrected chi connectivity index (χ0v) is 16.6. The molecule has 7 nitrogen and oxygen atoms in total. The molecule has 0 saturated heterocycles. The Kier molecular flexibility index (Phi) is 6.74. The lowest BCUT2D eigenvalue weighted by Gasteiger charge is -2.15. The average molecular weight is 371 g/mol. The summed E-state index contributed by atoms with van der Waals surface area (Å²) in [6.07, 6.45) is 0. The Morgan fingerprint density at radius 3 is 2.33 bits per heavy atom. The fourth-order valence-electron chi connectivity index (χ4n) is 2.43. The molecular weight excluding hydrogens is 342 g/mol. The van der Waals surface area contributed by atoms with Gasteiger partial charge in [-0.05, 0) is 30.9 Å². The summed E-state index contributed by atoms with van der Waals surface area (Å²) in [7, 11) is 0. The molecular formula is C20H29N5O2. The van der Waals surface area contributed by atoms with Gasteiger partial charge in [0.1, 0.15) is 5.82 Å². The smallest absolute Gasteiger partial charge is 0.244 e. The van der Waals surface area contributed by atoms with Crippen LogP contribution in [0.15, 0.2) is 30.3 Å². The van der Waals surface area contributed by atoms with Crippen molar-refractivity contribution >= 4 is 17.6 Å². The lowest BCUT2D eigenvalue weighted by atomic mass is 10.1. The molecule has 0 unspecified atom stereocenters. The van der Waals surface area contributed by atoms with Crippen LogP contribution < -0.4 is 16.4 Å². The van der Waals surface area contributed by atoms with E-state index in [0.717, 1.165) is 16.9 Å².